The summed E-state index contributed by atoms with van der Waals surface area (Å²) in [5, 5.41) is 9.47. The van der Waals surface area contributed by atoms with Gasteiger partial charge in [-0.1, -0.05) is 48.7 Å². The van der Waals surface area contributed by atoms with Crippen molar-refractivity contribution in [3.8, 4) is 0 Å². The molecule has 8 heteroatoms. The number of anilines is 1. The van der Waals surface area contributed by atoms with Crippen LogP contribution in [-0.4, -0.2) is 29.7 Å². The molecule has 0 radical (unpaired) electrons. The lowest BCUT2D eigenvalue weighted by atomic mass is 9.91. The molecule has 2 heterocycles. The summed E-state index contributed by atoms with van der Waals surface area (Å²) in [5.74, 6) is 0.615. The minimum atomic E-state index is -0.311. The Morgan fingerprint density at radius 2 is 1.78 bits per heavy atom. The van der Waals surface area contributed by atoms with Gasteiger partial charge in [0.25, 0.3) is 5.91 Å². The number of amides is 1. The molecule has 2 aliphatic heterocycles. The average Bonchev–Trinajstić information content (AvgIpc) is 3.42. The maximum absolute atomic E-state index is 13.6. The van der Waals surface area contributed by atoms with Gasteiger partial charge in [0.05, 0.1) is 16.8 Å². The highest BCUT2D eigenvalue weighted by molar-refractivity contribution is 6.41. The number of hydrogen-bond acceptors (Lipinski definition) is 4. The Hall–Kier alpha value is -2.15. The number of hydrazine groups is 1. The maximum atomic E-state index is 13.6. The van der Waals surface area contributed by atoms with Crippen molar-refractivity contribution in [2.75, 3.05) is 18.1 Å². The third-order valence-electron chi connectivity index (χ3n) is 6.97. The Kier molecular flexibility index (Phi) is 5.86. The summed E-state index contributed by atoms with van der Waals surface area (Å²) in [7, 11) is 0. The molecule has 1 saturated carbocycles. The lowest BCUT2D eigenvalue weighted by Crippen LogP contribution is -2.45. The molecule has 0 spiro atoms. The molecule has 2 unspecified atom stereocenters. The summed E-state index contributed by atoms with van der Waals surface area (Å²) in [6, 6.07) is 11.2. The molecule has 1 N–H and O–H groups in total. The number of nitrogens with zero attached hydrogens (tertiary/aromatic N) is 3. The van der Waals surface area contributed by atoms with Crippen molar-refractivity contribution < 1.29 is 9.18 Å². The molecule has 2 aromatic rings. The van der Waals surface area contributed by atoms with E-state index in [0.717, 1.165) is 18.7 Å². The first-order valence-corrected chi connectivity index (χ1v) is 11.8. The number of halogens is 3. The Labute approximate surface area is 197 Å². The SMILES string of the molecule is C[C@@H]1C(C(=O)NN2CC3CCCC3C2)=NN(c2ccc(Cl)cc2Cl)[C@H]1c1ccc(F)cc1. The van der Waals surface area contributed by atoms with Crippen LogP contribution in [0.3, 0.4) is 0 Å². The van der Waals surface area contributed by atoms with E-state index in [1.165, 1.54) is 31.4 Å². The third-order valence-corrected chi connectivity index (χ3v) is 7.51. The largest absolute Gasteiger partial charge is 0.284 e. The molecule has 2 fully saturated rings. The van der Waals surface area contributed by atoms with Crippen LogP contribution in [0.15, 0.2) is 47.6 Å². The summed E-state index contributed by atoms with van der Waals surface area (Å²) < 4.78 is 13.6. The Balaban J connectivity index is 1.44. The Morgan fingerprint density at radius 1 is 1.09 bits per heavy atom. The molecule has 0 bridgehead atoms. The van der Waals surface area contributed by atoms with Gasteiger partial charge in [-0.05, 0) is 60.6 Å². The zero-order valence-corrected chi connectivity index (χ0v) is 19.3. The van der Waals surface area contributed by atoms with E-state index in [-0.39, 0.29) is 23.7 Å². The quantitative estimate of drug-likeness (QED) is 0.640. The molecular formula is C24H25Cl2FN4O. The zero-order valence-electron chi connectivity index (χ0n) is 17.8. The smallest absolute Gasteiger partial charge is 0.282 e. The van der Waals surface area contributed by atoms with Crippen LogP contribution >= 0.6 is 23.2 Å². The highest BCUT2D eigenvalue weighted by Gasteiger charge is 2.42. The minimum absolute atomic E-state index is 0.197. The normalized spacial score (nSPS) is 27.5. The molecule has 1 amide bonds. The van der Waals surface area contributed by atoms with Crippen LogP contribution in [0.4, 0.5) is 10.1 Å². The summed E-state index contributed by atoms with van der Waals surface area (Å²) in [6.07, 6.45) is 3.77. The molecule has 5 rings (SSSR count). The summed E-state index contributed by atoms with van der Waals surface area (Å²) in [6.45, 7) is 3.76. The second-order valence-electron chi connectivity index (χ2n) is 9.01. The molecule has 0 aromatic heterocycles. The number of rotatable bonds is 4. The number of hydrogen-bond donors (Lipinski definition) is 1. The monoisotopic (exact) mass is 474 g/mol. The summed E-state index contributed by atoms with van der Waals surface area (Å²) in [5.41, 5.74) is 5.02. The lowest BCUT2D eigenvalue weighted by molar-refractivity contribution is -0.119. The van der Waals surface area contributed by atoms with Gasteiger partial charge in [0.1, 0.15) is 11.5 Å². The van der Waals surface area contributed by atoms with E-state index in [1.54, 1.807) is 35.3 Å². The van der Waals surface area contributed by atoms with Gasteiger partial charge in [-0.3, -0.25) is 15.2 Å². The van der Waals surface area contributed by atoms with Gasteiger partial charge in [-0.25, -0.2) is 9.40 Å². The predicted molar refractivity (Wildman–Crippen MR) is 125 cm³/mol. The second-order valence-corrected chi connectivity index (χ2v) is 9.85. The highest BCUT2D eigenvalue weighted by Crippen LogP contribution is 2.42. The van der Waals surface area contributed by atoms with Crippen molar-refractivity contribution in [3.05, 3.63) is 63.9 Å². The molecule has 4 atom stereocenters. The molecule has 2 aromatic carbocycles. The Bertz CT molecular complexity index is 1050. The predicted octanol–water partition coefficient (Wildman–Crippen LogP) is 5.45. The first-order chi connectivity index (χ1) is 15.4. The van der Waals surface area contributed by atoms with Gasteiger partial charge in [0.2, 0.25) is 0 Å². The van der Waals surface area contributed by atoms with E-state index in [0.29, 0.717) is 33.3 Å². The minimum Gasteiger partial charge on any atom is -0.284 e. The van der Waals surface area contributed by atoms with Crippen LogP contribution in [0.1, 0.15) is 37.8 Å². The van der Waals surface area contributed by atoms with E-state index in [2.05, 4.69) is 5.43 Å². The van der Waals surface area contributed by atoms with Gasteiger partial charge < -0.3 is 0 Å². The van der Waals surface area contributed by atoms with Crippen LogP contribution in [0.2, 0.25) is 10.0 Å². The number of nitrogens with one attached hydrogen (secondary N) is 1. The maximum Gasteiger partial charge on any atom is 0.282 e. The van der Waals surface area contributed by atoms with Crippen molar-refractivity contribution in [2.24, 2.45) is 22.9 Å². The molecule has 3 aliphatic rings. The molecule has 5 nitrogen and oxygen atoms in total. The molecule has 1 saturated heterocycles. The lowest BCUT2D eigenvalue weighted by Gasteiger charge is -2.27. The fourth-order valence-electron chi connectivity index (χ4n) is 5.37. The van der Waals surface area contributed by atoms with Crippen LogP contribution in [0, 0.1) is 23.6 Å². The topological polar surface area (TPSA) is 47.9 Å². The number of hydrazone groups is 1. The van der Waals surface area contributed by atoms with Gasteiger partial charge in [-0.15, -0.1) is 0 Å². The van der Waals surface area contributed by atoms with Gasteiger partial charge in [0.15, 0.2) is 0 Å². The van der Waals surface area contributed by atoms with Crippen molar-refractivity contribution in [1.82, 2.24) is 10.4 Å². The zero-order chi connectivity index (χ0) is 22.4. The molecule has 32 heavy (non-hydrogen) atoms. The Morgan fingerprint density at radius 3 is 2.44 bits per heavy atom. The molecule has 168 valence electrons. The van der Waals surface area contributed by atoms with Gasteiger partial charge in [0, 0.05) is 24.0 Å². The van der Waals surface area contributed by atoms with Crippen LogP contribution in [0.5, 0.6) is 0 Å². The number of carbonyl (C=O) groups excluding carboxylic acids is 1. The number of benzene rings is 2. The average molecular weight is 475 g/mol. The number of fused-ring (bicyclic) bond motifs is 1. The van der Waals surface area contributed by atoms with Crippen molar-refractivity contribution in [3.63, 3.8) is 0 Å². The van der Waals surface area contributed by atoms with Crippen LogP contribution in [0.25, 0.3) is 0 Å². The first-order valence-electron chi connectivity index (χ1n) is 11.0. The highest BCUT2D eigenvalue weighted by atomic mass is 35.5. The molecular weight excluding hydrogens is 450 g/mol. The summed E-state index contributed by atoms with van der Waals surface area (Å²) >= 11 is 12.6. The van der Waals surface area contributed by atoms with Gasteiger partial charge in [-0.2, -0.15) is 5.10 Å². The van der Waals surface area contributed by atoms with E-state index >= 15 is 0 Å². The fourth-order valence-corrected chi connectivity index (χ4v) is 5.87. The van der Waals surface area contributed by atoms with Crippen molar-refractivity contribution in [2.45, 2.75) is 32.2 Å². The fraction of sp³-hybridized carbons (Fsp3) is 0.417. The number of carbonyl (C=O) groups is 1. The van der Waals surface area contributed by atoms with Crippen LogP contribution < -0.4 is 10.4 Å². The standard InChI is InChI=1S/C24H25Cl2FN4O/c1-14-22(24(32)29-30-12-16-3-2-4-17(16)13-30)28-31(21-10-7-18(25)11-20(21)26)23(14)15-5-8-19(27)9-6-15/h5-11,14,16-17,23H,2-4,12-13H2,1H3,(H,29,32)/t14-,16?,17?,23-/m1/s1. The van der Waals surface area contributed by atoms with Gasteiger partial charge >= 0.3 is 0 Å². The third kappa shape index (κ3) is 4.00. The van der Waals surface area contributed by atoms with Crippen LogP contribution in [-0.2, 0) is 4.79 Å². The van der Waals surface area contributed by atoms with Crippen molar-refractivity contribution >= 4 is 40.5 Å². The van der Waals surface area contributed by atoms with E-state index in [1.807, 2.05) is 11.9 Å². The van der Waals surface area contributed by atoms with Crippen molar-refractivity contribution in [1.29, 1.82) is 0 Å². The summed E-state index contributed by atoms with van der Waals surface area (Å²) in [4.78, 5) is 13.3. The second kappa shape index (κ2) is 8.65. The first kappa shape index (κ1) is 21.7. The van der Waals surface area contributed by atoms with E-state index in [9.17, 15) is 9.18 Å². The molecule has 1 aliphatic carbocycles. The van der Waals surface area contributed by atoms with E-state index in [4.69, 9.17) is 28.3 Å². The van der Waals surface area contributed by atoms with E-state index < -0.39 is 0 Å².